The number of guanidine groups is 2. The average molecular weight is 745 g/mol. The molecule has 3 aromatic carbocycles. The Bertz CT molecular complexity index is 1720. The van der Waals surface area contributed by atoms with Gasteiger partial charge in [0.25, 0.3) is 11.8 Å². The van der Waals surface area contributed by atoms with Crippen molar-refractivity contribution in [2.75, 3.05) is 72.9 Å². The molecule has 278 valence electrons. The smallest absolute Gasteiger partial charge is 0.255 e. The summed E-state index contributed by atoms with van der Waals surface area (Å²) in [6.45, 7) is 17.2. The molecule has 3 aromatic rings. The molecular formula is C38H52N10O2S2. The van der Waals surface area contributed by atoms with E-state index in [2.05, 4.69) is 83.4 Å². The summed E-state index contributed by atoms with van der Waals surface area (Å²) in [5, 5.41) is 19.2. The van der Waals surface area contributed by atoms with Gasteiger partial charge in [0.2, 0.25) is 0 Å². The molecule has 2 heterocycles. The van der Waals surface area contributed by atoms with Crippen LogP contribution >= 0.6 is 23.5 Å². The van der Waals surface area contributed by atoms with Crippen LogP contribution < -0.4 is 43.4 Å². The Labute approximate surface area is 315 Å². The highest BCUT2D eigenvalue weighted by Crippen LogP contribution is 2.39. The van der Waals surface area contributed by atoms with Crippen LogP contribution in [-0.4, -0.2) is 74.5 Å². The molecule has 2 aliphatic rings. The van der Waals surface area contributed by atoms with Crippen LogP contribution in [0.1, 0.15) is 73.4 Å². The maximum Gasteiger partial charge on any atom is 0.255 e. The molecule has 0 fully saturated rings. The number of thioether (sulfide) groups is 2. The Balaban J connectivity index is 1.33. The lowest BCUT2D eigenvalue weighted by molar-refractivity contribution is 0.102. The third-order valence-electron chi connectivity index (χ3n) is 8.48. The minimum Gasteiger partial charge on any atom is -0.398 e. The van der Waals surface area contributed by atoms with Gasteiger partial charge in [-0.3, -0.25) is 19.6 Å². The number of nitrogen functional groups attached to an aromatic ring is 2. The third-order valence-corrected chi connectivity index (χ3v) is 10.8. The molecule has 0 radical (unpaired) electrons. The molecular weight excluding hydrogens is 693 g/mol. The summed E-state index contributed by atoms with van der Waals surface area (Å²) in [6, 6.07) is 14.7. The molecule has 5 rings (SSSR count). The molecule has 52 heavy (non-hydrogen) atoms. The van der Waals surface area contributed by atoms with Crippen LogP contribution in [-0.2, 0) is 10.8 Å². The van der Waals surface area contributed by atoms with Crippen molar-refractivity contribution in [3.63, 3.8) is 0 Å². The zero-order chi connectivity index (χ0) is 37.5. The SMILES string of the molecule is CC(C)(C)c1cc(N)c(SCCNC2=NCCN2)c(NC(=O)c2cccc(C(=O)Nc3cc(C(C)(C)C)cc(N)c3SCCNC3=NCCN3)c2)c1. The molecule has 12 nitrogen and oxygen atoms in total. The zero-order valence-corrected chi connectivity index (χ0v) is 32.6. The number of amides is 2. The Morgan fingerprint density at radius 2 is 1.12 bits per heavy atom. The van der Waals surface area contributed by atoms with E-state index < -0.39 is 0 Å². The number of benzene rings is 3. The lowest BCUT2D eigenvalue weighted by atomic mass is 9.86. The fourth-order valence-electron chi connectivity index (χ4n) is 5.54. The van der Waals surface area contributed by atoms with Crippen LogP contribution in [0.4, 0.5) is 22.7 Å². The number of nitrogens with one attached hydrogen (secondary N) is 6. The van der Waals surface area contributed by atoms with Crippen LogP contribution in [0, 0.1) is 0 Å². The number of aliphatic imine (C=N–C) groups is 2. The van der Waals surface area contributed by atoms with Gasteiger partial charge in [0, 0.05) is 60.2 Å². The van der Waals surface area contributed by atoms with Gasteiger partial charge in [0.1, 0.15) is 0 Å². The van der Waals surface area contributed by atoms with Crippen molar-refractivity contribution in [2.24, 2.45) is 9.98 Å². The highest BCUT2D eigenvalue weighted by Gasteiger charge is 2.23. The molecule has 2 aliphatic heterocycles. The minimum absolute atomic E-state index is 0.189. The normalized spacial score (nSPS) is 14.2. The van der Waals surface area contributed by atoms with Crippen molar-refractivity contribution < 1.29 is 9.59 Å². The number of nitrogens with zero attached hydrogens (tertiary/aromatic N) is 2. The average Bonchev–Trinajstić information content (AvgIpc) is 3.81. The highest BCUT2D eigenvalue weighted by atomic mass is 32.2. The number of carbonyl (C=O) groups is 2. The Morgan fingerprint density at radius 3 is 1.48 bits per heavy atom. The Hall–Kier alpha value is -4.56. The lowest BCUT2D eigenvalue weighted by Gasteiger charge is -2.23. The van der Waals surface area contributed by atoms with Gasteiger partial charge in [-0.25, -0.2) is 0 Å². The summed E-state index contributed by atoms with van der Waals surface area (Å²) < 4.78 is 0. The molecule has 2 amide bonds. The van der Waals surface area contributed by atoms with Gasteiger partial charge >= 0.3 is 0 Å². The second kappa shape index (κ2) is 16.8. The molecule has 0 aliphatic carbocycles. The molecule has 0 saturated heterocycles. The molecule has 0 aromatic heterocycles. The summed E-state index contributed by atoms with van der Waals surface area (Å²) in [5.41, 5.74) is 18.0. The standard InChI is InChI=1S/C38H52N10O2S2/c1-37(2,3)25-19-27(39)31(51-16-14-45-35-41-10-11-42-35)29(21-25)47-33(49)23-8-7-9-24(18-23)34(50)48-30-22-26(38(4,5)6)20-28(40)32(30)52-17-15-46-36-43-12-13-44-36/h7-9,18-22H,10-17,39-40H2,1-6H3,(H,47,49)(H,48,50)(H2,41,42,45)(H2,43,44,46). The van der Waals surface area contributed by atoms with E-state index in [1.165, 1.54) is 0 Å². The lowest BCUT2D eigenvalue weighted by Crippen LogP contribution is -2.35. The molecule has 10 N–H and O–H groups in total. The van der Waals surface area contributed by atoms with Gasteiger partial charge in [0.05, 0.1) is 34.3 Å². The fraction of sp³-hybridized carbons (Fsp3) is 0.421. The van der Waals surface area contributed by atoms with E-state index in [-0.39, 0.29) is 22.6 Å². The second-order valence-electron chi connectivity index (χ2n) is 14.7. The van der Waals surface area contributed by atoms with Crippen molar-refractivity contribution in [1.29, 1.82) is 0 Å². The number of hydrogen-bond donors (Lipinski definition) is 8. The van der Waals surface area contributed by atoms with Crippen LogP contribution in [0.15, 0.2) is 68.3 Å². The second-order valence-corrected chi connectivity index (χ2v) is 16.9. The van der Waals surface area contributed by atoms with E-state index in [0.717, 1.165) is 59.0 Å². The fourth-order valence-corrected chi connectivity index (χ4v) is 7.34. The number of carbonyl (C=O) groups excluding carboxylic acids is 2. The largest absolute Gasteiger partial charge is 0.398 e. The minimum atomic E-state index is -0.339. The van der Waals surface area contributed by atoms with Crippen LogP contribution in [0.3, 0.4) is 0 Å². The van der Waals surface area contributed by atoms with E-state index in [1.54, 1.807) is 47.8 Å². The van der Waals surface area contributed by atoms with Gasteiger partial charge < -0.3 is 43.4 Å². The molecule has 14 heteroatoms. The first kappa shape index (κ1) is 38.7. The summed E-state index contributed by atoms with van der Waals surface area (Å²) in [4.78, 5) is 38.0. The van der Waals surface area contributed by atoms with E-state index >= 15 is 0 Å². The monoisotopic (exact) mass is 744 g/mol. The number of nitrogens with two attached hydrogens (primary N) is 2. The summed E-state index contributed by atoms with van der Waals surface area (Å²) in [6.07, 6.45) is 0. The highest BCUT2D eigenvalue weighted by molar-refractivity contribution is 7.99. The first-order chi connectivity index (χ1) is 24.7. The first-order valence-corrected chi connectivity index (χ1v) is 19.6. The third kappa shape index (κ3) is 10.3. The first-order valence-electron chi connectivity index (χ1n) is 17.6. The molecule has 0 spiro atoms. The van der Waals surface area contributed by atoms with E-state index in [9.17, 15) is 9.59 Å². The van der Waals surface area contributed by atoms with Crippen molar-refractivity contribution in [3.05, 3.63) is 70.8 Å². The predicted molar refractivity (Wildman–Crippen MR) is 220 cm³/mol. The Morgan fingerprint density at radius 1 is 0.692 bits per heavy atom. The van der Waals surface area contributed by atoms with Gasteiger partial charge in [-0.05, 0) is 64.4 Å². The van der Waals surface area contributed by atoms with Crippen LogP contribution in [0.2, 0.25) is 0 Å². The van der Waals surface area contributed by atoms with Gasteiger partial charge in [-0.15, -0.1) is 23.5 Å². The summed E-state index contributed by atoms with van der Waals surface area (Å²) in [7, 11) is 0. The quantitative estimate of drug-likeness (QED) is 0.0695. The maximum absolute atomic E-state index is 13.8. The number of hydrogen-bond acceptors (Lipinski definition) is 12. The van der Waals surface area contributed by atoms with Gasteiger partial charge in [0.15, 0.2) is 11.9 Å². The zero-order valence-electron chi connectivity index (χ0n) is 31.0. The van der Waals surface area contributed by atoms with Crippen molar-refractivity contribution in [3.8, 4) is 0 Å². The van der Waals surface area contributed by atoms with E-state index in [4.69, 9.17) is 11.5 Å². The Kier molecular flexibility index (Phi) is 12.5. The van der Waals surface area contributed by atoms with Crippen molar-refractivity contribution in [1.82, 2.24) is 21.3 Å². The van der Waals surface area contributed by atoms with Gasteiger partial charge in [-0.2, -0.15) is 0 Å². The van der Waals surface area contributed by atoms with E-state index in [1.807, 2.05) is 24.3 Å². The molecule has 0 atom stereocenters. The summed E-state index contributed by atoms with van der Waals surface area (Å²) >= 11 is 3.13. The van der Waals surface area contributed by atoms with Crippen LogP contribution in [0.5, 0.6) is 0 Å². The molecule has 0 saturated carbocycles. The number of anilines is 4. The molecule has 0 bridgehead atoms. The van der Waals surface area contributed by atoms with Gasteiger partial charge in [-0.1, -0.05) is 47.6 Å². The van der Waals surface area contributed by atoms with Crippen molar-refractivity contribution >= 4 is 70.0 Å². The predicted octanol–water partition coefficient (Wildman–Crippen LogP) is 5.23. The molecule has 0 unspecified atom stereocenters. The topological polar surface area (TPSA) is 183 Å². The van der Waals surface area contributed by atoms with Crippen LogP contribution in [0.25, 0.3) is 0 Å². The van der Waals surface area contributed by atoms with E-state index in [0.29, 0.717) is 58.5 Å². The maximum atomic E-state index is 13.8. The van der Waals surface area contributed by atoms with Crippen molar-refractivity contribution in [2.45, 2.75) is 62.2 Å². The summed E-state index contributed by atoms with van der Waals surface area (Å²) in [5.74, 6) is 2.34. The number of rotatable bonds is 12.